The van der Waals surface area contributed by atoms with E-state index in [9.17, 15) is 22.8 Å². The number of aromatic nitrogens is 2. The predicted molar refractivity (Wildman–Crippen MR) is 101 cm³/mol. The van der Waals surface area contributed by atoms with Gasteiger partial charge in [0.15, 0.2) is 0 Å². The maximum Gasteiger partial charge on any atom is 0.440 e. The fourth-order valence-electron chi connectivity index (χ4n) is 3.57. The van der Waals surface area contributed by atoms with Crippen LogP contribution in [-0.2, 0) is 4.79 Å². The fourth-order valence-corrected chi connectivity index (χ4v) is 3.67. The van der Waals surface area contributed by atoms with E-state index in [-0.39, 0.29) is 29.9 Å². The molecule has 1 fully saturated rings. The first-order chi connectivity index (χ1) is 14.2. The van der Waals surface area contributed by atoms with Gasteiger partial charge in [-0.1, -0.05) is 35.9 Å². The second-order valence-corrected chi connectivity index (χ2v) is 7.38. The third-order valence-electron chi connectivity index (χ3n) is 5.10. The number of imide groups is 1. The first-order valence-electron chi connectivity index (χ1n) is 8.98. The van der Waals surface area contributed by atoms with Crippen molar-refractivity contribution in [3.8, 4) is 0 Å². The van der Waals surface area contributed by atoms with E-state index in [2.05, 4.69) is 15.3 Å². The predicted octanol–water partition coefficient (Wildman–Crippen LogP) is 2.34. The minimum absolute atomic E-state index is 0.0312. The molecule has 0 radical (unpaired) electrons. The van der Waals surface area contributed by atoms with Gasteiger partial charge >= 0.3 is 12.2 Å². The van der Waals surface area contributed by atoms with Gasteiger partial charge in [-0.3, -0.25) is 15.0 Å². The van der Waals surface area contributed by atoms with E-state index in [1.54, 1.807) is 11.5 Å². The van der Waals surface area contributed by atoms with Crippen LogP contribution in [0.25, 0.3) is 0 Å². The van der Waals surface area contributed by atoms with E-state index >= 15 is 0 Å². The number of alkyl halides is 3. The molecular weight excluding hydrogens is 425 g/mol. The zero-order valence-electron chi connectivity index (χ0n) is 15.3. The standard InChI is InChI=1S/C18H16ClF3N6O2/c19-11-8-24-15(25-9-11)26-17(18(20,21)22)14(29)28(16(30)27-17)6-5-10-7-23-13-4-2-1-3-12(10)13/h1-4,7-9,12-13,23H,5-6H2,(H,27,30)(H,24,25,26)/t12-,13-,17-/m1/s1. The minimum atomic E-state index is -5.15. The highest BCUT2D eigenvalue weighted by molar-refractivity contribution is 6.30. The molecule has 1 saturated heterocycles. The van der Waals surface area contributed by atoms with Crippen molar-refractivity contribution in [1.82, 2.24) is 25.5 Å². The number of hydrogen-bond donors (Lipinski definition) is 3. The average molecular weight is 441 g/mol. The van der Waals surface area contributed by atoms with E-state index in [0.29, 0.717) is 4.90 Å². The number of halogens is 4. The molecule has 30 heavy (non-hydrogen) atoms. The lowest BCUT2D eigenvalue weighted by atomic mass is 9.90. The second-order valence-electron chi connectivity index (χ2n) is 6.94. The highest BCUT2D eigenvalue weighted by Gasteiger charge is 2.68. The third kappa shape index (κ3) is 3.38. The van der Waals surface area contributed by atoms with Gasteiger partial charge in [-0.05, 0) is 18.2 Å². The van der Waals surface area contributed by atoms with Crippen molar-refractivity contribution in [2.75, 3.05) is 11.9 Å². The Bertz CT molecular complexity index is 962. The van der Waals surface area contributed by atoms with Crippen molar-refractivity contribution in [2.45, 2.75) is 24.3 Å². The number of carbonyl (C=O) groups is 2. The van der Waals surface area contributed by atoms with Gasteiger partial charge < -0.3 is 10.6 Å². The van der Waals surface area contributed by atoms with Gasteiger partial charge in [-0.2, -0.15) is 13.2 Å². The molecule has 158 valence electrons. The quantitative estimate of drug-likeness (QED) is 0.608. The van der Waals surface area contributed by atoms with Crippen LogP contribution in [0, 0.1) is 5.92 Å². The number of carbonyl (C=O) groups excluding carboxylic acids is 2. The summed E-state index contributed by atoms with van der Waals surface area (Å²) in [7, 11) is 0. The zero-order valence-corrected chi connectivity index (χ0v) is 16.0. The normalized spacial score (nSPS) is 27.6. The Hall–Kier alpha value is -3.08. The Morgan fingerprint density at radius 3 is 2.60 bits per heavy atom. The number of fused-ring (bicyclic) bond motifs is 1. The second kappa shape index (κ2) is 7.31. The molecule has 0 unspecified atom stereocenters. The summed E-state index contributed by atoms with van der Waals surface area (Å²) in [5.74, 6) is -1.94. The van der Waals surface area contributed by atoms with Crippen LogP contribution in [0.3, 0.4) is 0 Å². The first-order valence-corrected chi connectivity index (χ1v) is 9.35. The van der Waals surface area contributed by atoms with Crippen molar-refractivity contribution in [2.24, 2.45) is 5.92 Å². The molecule has 4 rings (SSSR count). The van der Waals surface area contributed by atoms with Gasteiger partial charge in [-0.15, -0.1) is 0 Å². The van der Waals surface area contributed by atoms with Crippen LogP contribution in [0.1, 0.15) is 6.42 Å². The molecule has 3 N–H and O–H groups in total. The molecule has 1 aliphatic carbocycles. The van der Waals surface area contributed by atoms with E-state index in [1.165, 1.54) is 0 Å². The number of nitrogens with zero attached hydrogens (tertiary/aromatic N) is 3. The summed E-state index contributed by atoms with van der Waals surface area (Å²) < 4.78 is 41.7. The monoisotopic (exact) mass is 440 g/mol. The van der Waals surface area contributed by atoms with Gasteiger partial charge in [0, 0.05) is 12.5 Å². The summed E-state index contributed by atoms with van der Waals surface area (Å²) in [6, 6.07) is -1.09. The summed E-state index contributed by atoms with van der Waals surface area (Å²) in [5.41, 5.74) is -2.48. The van der Waals surface area contributed by atoms with E-state index < -0.39 is 29.7 Å². The van der Waals surface area contributed by atoms with Gasteiger partial charge in [-0.25, -0.2) is 14.8 Å². The van der Waals surface area contributed by atoms with Crippen molar-refractivity contribution in [3.63, 3.8) is 0 Å². The molecule has 3 heterocycles. The highest BCUT2D eigenvalue weighted by atomic mass is 35.5. The minimum Gasteiger partial charge on any atom is -0.384 e. The van der Waals surface area contributed by atoms with E-state index in [1.807, 2.05) is 29.6 Å². The van der Waals surface area contributed by atoms with E-state index in [4.69, 9.17) is 11.6 Å². The summed E-state index contributed by atoms with van der Waals surface area (Å²) in [5, 5.41) is 6.92. The maximum absolute atomic E-state index is 13.9. The Labute approximate surface area is 173 Å². The third-order valence-corrected chi connectivity index (χ3v) is 5.29. The summed E-state index contributed by atoms with van der Waals surface area (Å²) in [6.45, 7) is -0.208. The molecule has 0 aromatic carbocycles. The van der Waals surface area contributed by atoms with Crippen LogP contribution in [0.4, 0.5) is 23.9 Å². The van der Waals surface area contributed by atoms with E-state index in [0.717, 1.165) is 18.0 Å². The highest BCUT2D eigenvalue weighted by Crippen LogP contribution is 2.37. The van der Waals surface area contributed by atoms with Crippen LogP contribution in [0.2, 0.25) is 5.02 Å². The Balaban J connectivity index is 1.52. The SMILES string of the molecule is O=C1N[C@@](Nc2ncc(Cl)cn2)(C(F)(F)F)C(=O)N1CCC1=CN[C@@H]2C=CC=C[C@H]12. The van der Waals surface area contributed by atoms with Crippen molar-refractivity contribution in [1.29, 1.82) is 0 Å². The fraction of sp³-hybridized carbons (Fsp3) is 0.333. The number of urea groups is 1. The smallest absolute Gasteiger partial charge is 0.384 e. The molecule has 0 saturated carbocycles. The molecule has 8 nitrogen and oxygen atoms in total. The lowest BCUT2D eigenvalue weighted by Gasteiger charge is -2.29. The van der Waals surface area contributed by atoms with Gasteiger partial charge in [0.2, 0.25) is 5.95 Å². The Morgan fingerprint density at radius 2 is 1.90 bits per heavy atom. The molecule has 1 aromatic rings. The molecule has 2 aliphatic heterocycles. The summed E-state index contributed by atoms with van der Waals surface area (Å²) in [6.07, 6.45) is 6.69. The summed E-state index contributed by atoms with van der Waals surface area (Å²) >= 11 is 5.64. The van der Waals surface area contributed by atoms with Crippen LogP contribution in [-0.4, -0.2) is 51.2 Å². The number of rotatable bonds is 5. The summed E-state index contributed by atoms with van der Waals surface area (Å²) in [4.78, 5) is 32.9. The number of nitrogens with one attached hydrogen (secondary N) is 3. The van der Waals surface area contributed by atoms with Crippen molar-refractivity contribution < 1.29 is 22.8 Å². The number of allylic oxidation sites excluding steroid dienone is 2. The number of anilines is 1. The Kier molecular flexibility index (Phi) is 4.92. The largest absolute Gasteiger partial charge is 0.440 e. The number of amides is 3. The molecule has 1 aromatic heterocycles. The molecule has 3 amide bonds. The molecule has 0 bridgehead atoms. The lowest BCUT2D eigenvalue weighted by Crippen LogP contribution is -2.64. The molecular formula is C18H16ClF3N6O2. The Morgan fingerprint density at radius 1 is 1.20 bits per heavy atom. The van der Waals surface area contributed by atoms with Gasteiger partial charge in [0.25, 0.3) is 11.6 Å². The van der Waals surface area contributed by atoms with Crippen LogP contribution in [0.15, 0.2) is 48.5 Å². The van der Waals surface area contributed by atoms with Crippen LogP contribution >= 0.6 is 11.6 Å². The average Bonchev–Trinajstić information content (AvgIpc) is 3.21. The molecule has 12 heteroatoms. The lowest BCUT2D eigenvalue weighted by molar-refractivity contribution is -0.188. The van der Waals surface area contributed by atoms with Crippen molar-refractivity contribution >= 4 is 29.5 Å². The number of hydrogen-bond acceptors (Lipinski definition) is 6. The molecule has 3 aliphatic rings. The van der Waals surface area contributed by atoms with Crippen molar-refractivity contribution in [3.05, 3.63) is 53.5 Å². The first kappa shape index (κ1) is 20.2. The van der Waals surface area contributed by atoms with Crippen LogP contribution < -0.4 is 16.0 Å². The topological polar surface area (TPSA) is 99.2 Å². The van der Waals surface area contributed by atoms with Gasteiger partial charge in [0.1, 0.15) is 0 Å². The molecule has 0 spiro atoms. The zero-order chi connectivity index (χ0) is 21.5. The maximum atomic E-state index is 13.9. The van der Waals surface area contributed by atoms with Crippen LogP contribution in [0.5, 0.6) is 0 Å². The molecule has 3 atom stereocenters. The van der Waals surface area contributed by atoms with Gasteiger partial charge in [0.05, 0.1) is 23.5 Å².